The predicted octanol–water partition coefficient (Wildman–Crippen LogP) is -0.373. The molecule has 0 radical (unpaired) electrons. The molecular formula is C13H19FN2O6S. The number of carbonyl (C=O) groups excluding carboxylic acids is 1. The Morgan fingerprint density at radius 1 is 1.57 bits per heavy atom. The normalized spacial score (nSPS) is 21.6. The summed E-state index contributed by atoms with van der Waals surface area (Å²) in [6, 6.07) is -0.657. The van der Waals surface area contributed by atoms with E-state index in [1.165, 1.54) is 7.05 Å². The number of hydrogen-bond acceptors (Lipinski definition) is 6. The summed E-state index contributed by atoms with van der Waals surface area (Å²) >= 11 is 0. The van der Waals surface area contributed by atoms with Crippen molar-refractivity contribution in [2.24, 2.45) is 13.0 Å². The van der Waals surface area contributed by atoms with Gasteiger partial charge in [0, 0.05) is 25.8 Å². The lowest BCUT2D eigenvalue weighted by atomic mass is 10.1. The van der Waals surface area contributed by atoms with Crippen LogP contribution in [0.25, 0.3) is 0 Å². The maximum absolute atomic E-state index is 14.4. The second kappa shape index (κ2) is 6.95. The van der Waals surface area contributed by atoms with Crippen molar-refractivity contribution in [1.82, 2.24) is 9.29 Å². The monoisotopic (exact) mass is 350 g/mol. The van der Waals surface area contributed by atoms with Crippen molar-refractivity contribution in [3.8, 4) is 0 Å². The molecule has 2 N–H and O–H groups in total. The van der Waals surface area contributed by atoms with E-state index in [0.717, 1.165) is 10.8 Å². The van der Waals surface area contributed by atoms with Crippen molar-refractivity contribution in [1.29, 1.82) is 0 Å². The Morgan fingerprint density at radius 3 is 2.87 bits per heavy atom. The van der Waals surface area contributed by atoms with E-state index < -0.39 is 44.4 Å². The third-order valence-corrected chi connectivity index (χ3v) is 5.06. The number of aryl methyl sites for hydroxylation is 1. The number of aliphatic hydroxyl groups is 1. The minimum Gasteiger partial charge on any atom is -0.461 e. The largest absolute Gasteiger partial charge is 0.461 e. The molecule has 2 heterocycles. The molecule has 2 atom stereocenters. The molecule has 0 unspecified atom stereocenters. The van der Waals surface area contributed by atoms with E-state index in [9.17, 15) is 22.7 Å². The van der Waals surface area contributed by atoms with Crippen LogP contribution in [0.2, 0.25) is 0 Å². The van der Waals surface area contributed by atoms with Crippen molar-refractivity contribution in [3.05, 3.63) is 17.7 Å². The van der Waals surface area contributed by atoms with E-state index in [0.29, 0.717) is 0 Å². The fourth-order valence-corrected chi connectivity index (χ4v) is 3.78. The van der Waals surface area contributed by atoms with Gasteiger partial charge in [0.2, 0.25) is 10.0 Å². The number of halogens is 1. The molecule has 1 aromatic heterocycles. The average Bonchev–Trinajstić information content (AvgIpc) is 3.03. The van der Waals surface area contributed by atoms with Crippen LogP contribution in [0.15, 0.2) is 11.1 Å². The van der Waals surface area contributed by atoms with Gasteiger partial charge in [-0.1, -0.05) is 0 Å². The Morgan fingerprint density at radius 2 is 2.26 bits per heavy atom. The van der Waals surface area contributed by atoms with Crippen molar-refractivity contribution in [2.75, 3.05) is 26.4 Å². The molecule has 0 aliphatic carbocycles. The number of nitrogens with zero attached hydrogens (tertiary/aromatic N) is 1. The average molecular weight is 350 g/mol. The maximum atomic E-state index is 14.4. The van der Waals surface area contributed by atoms with Gasteiger partial charge in [0.25, 0.3) is 0 Å². The summed E-state index contributed by atoms with van der Waals surface area (Å²) in [7, 11) is -2.86. The van der Waals surface area contributed by atoms with Gasteiger partial charge in [0.15, 0.2) is 11.5 Å². The minimum absolute atomic E-state index is 0.0430. The van der Waals surface area contributed by atoms with Crippen molar-refractivity contribution in [2.45, 2.75) is 17.9 Å². The molecule has 1 aromatic rings. The molecule has 0 saturated carbocycles. The Bertz CT molecular complexity index is 687. The number of rotatable bonds is 6. The molecular weight excluding hydrogens is 331 g/mol. The molecule has 0 bridgehead atoms. The Kier molecular flexibility index (Phi) is 5.40. The summed E-state index contributed by atoms with van der Waals surface area (Å²) in [4.78, 5) is 11.1. The van der Waals surface area contributed by atoms with Gasteiger partial charge < -0.3 is 19.1 Å². The number of esters is 1. The van der Waals surface area contributed by atoms with Crippen LogP contribution in [-0.2, 0) is 26.5 Å². The molecule has 10 heteroatoms. The van der Waals surface area contributed by atoms with E-state index in [-0.39, 0.29) is 26.4 Å². The van der Waals surface area contributed by atoms with E-state index in [1.54, 1.807) is 6.92 Å². The molecule has 1 aliphatic heterocycles. The van der Waals surface area contributed by atoms with Crippen LogP contribution in [0, 0.1) is 11.7 Å². The first-order valence-electron chi connectivity index (χ1n) is 7.04. The first kappa shape index (κ1) is 17.9. The third-order valence-electron chi connectivity index (χ3n) is 3.59. The zero-order valence-corrected chi connectivity index (χ0v) is 13.6. The number of nitrogens with one attached hydrogen (secondary N) is 1. The summed E-state index contributed by atoms with van der Waals surface area (Å²) in [6.45, 7) is 1.66. The van der Waals surface area contributed by atoms with E-state index in [2.05, 4.69) is 4.72 Å². The van der Waals surface area contributed by atoms with Gasteiger partial charge in [-0.2, -0.15) is 0 Å². The fraction of sp³-hybridized carbons (Fsp3) is 0.615. The quantitative estimate of drug-likeness (QED) is 0.678. The van der Waals surface area contributed by atoms with Crippen molar-refractivity contribution >= 4 is 16.0 Å². The summed E-state index contributed by atoms with van der Waals surface area (Å²) in [5.74, 6) is -2.51. The second-order valence-corrected chi connectivity index (χ2v) is 6.88. The van der Waals surface area contributed by atoms with Crippen LogP contribution in [0.3, 0.4) is 0 Å². The van der Waals surface area contributed by atoms with Gasteiger partial charge in [-0.25, -0.2) is 22.3 Å². The second-order valence-electron chi connectivity index (χ2n) is 5.20. The fourth-order valence-electron chi connectivity index (χ4n) is 2.36. The van der Waals surface area contributed by atoms with Crippen LogP contribution in [-0.4, -0.2) is 56.5 Å². The van der Waals surface area contributed by atoms with Crippen molar-refractivity contribution in [3.63, 3.8) is 0 Å². The summed E-state index contributed by atoms with van der Waals surface area (Å²) in [6.07, 6.45) is 1.01. The predicted molar refractivity (Wildman–Crippen MR) is 76.8 cm³/mol. The van der Waals surface area contributed by atoms with Crippen LogP contribution < -0.4 is 4.72 Å². The van der Waals surface area contributed by atoms with Gasteiger partial charge in [-0.3, -0.25) is 0 Å². The minimum atomic E-state index is -4.21. The SMILES string of the molecule is CCOC(=O)c1c(F)c(S(=O)(=O)N[C@@H]2COC[C@H]2CO)cn1C. The lowest BCUT2D eigenvalue weighted by Crippen LogP contribution is -2.41. The maximum Gasteiger partial charge on any atom is 0.358 e. The molecule has 1 saturated heterocycles. The highest BCUT2D eigenvalue weighted by molar-refractivity contribution is 7.89. The number of hydrogen-bond donors (Lipinski definition) is 2. The van der Waals surface area contributed by atoms with Gasteiger partial charge in [0.1, 0.15) is 4.90 Å². The molecule has 0 amide bonds. The number of sulfonamides is 1. The van der Waals surface area contributed by atoms with Crippen LogP contribution in [0.1, 0.15) is 17.4 Å². The highest BCUT2D eigenvalue weighted by atomic mass is 32.2. The van der Waals surface area contributed by atoms with Gasteiger partial charge >= 0.3 is 5.97 Å². The standard InChI is InChI=1S/C13H19FN2O6S/c1-3-22-13(18)12-11(14)10(4-16(12)2)23(19,20)15-9-7-21-6-8(9)5-17/h4,8-9,15,17H,3,5-7H2,1-2H3/t8-,9-/m1/s1. The van der Waals surface area contributed by atoms with Gasteiger partial charge in [-0.05, 0) is 6.92 Å². The van der Waals surface area contributed by atoms with Gasteiger partial charge in [0.05, 0.1) is 25.9 Å². The molecule has 130 valence electrons. The highest BCUT2D eigenvalue weighted by Crippen LogP contribution is 2.23. The third kappa shape index (κ3) is 3.55. The van der Waals surface area contributed by atoms with E-state index in [1.807, 2.05) is 0 Å². The molecule has 1 aliphatic rings. The van der Waals surface area contributed by atoms with Crippen molar-refractivity contribution < 1.29 is 32.2 Å². The Balaban J connectivity index is 2.30. The Labute approximate surface area is 133 Å². The van der Waals surface area contributed by atoms with E-state index in [4.69, 9.17) is 9.47 Å². The zero-order chi connectivity index (χ0) is 17.2. The van der Waals surface area contributed by atoms with Crippen LogP contribution in [0.5, 0.6) is 0 Å². The lowest BCUT2D eigenvalue weighted by molar-refractivity contribution is 0.0509. The Hall–Kier alpha value is -1.49. The van der Waals surface area contributed by atoms with E-state index >= 15 is 0 Å². The molecule has 0 aromatic carbocycles. The molecule has 2 rings (SSSR count). The van der Waals surface area contributed by atoms with Gasteiger partial charge in [-0.15, -0.1) is 0 Å². The number of aromatic nitrogens is 1. The summed E-state index contributed by atoms with van der Waals surface area (Å²) in [5, 5.41) is 9.18. The smallest absolute Gasteiger partial charge is 0.358 e. The highest BCUT2D eigenvalue weighted by Gasteiger charge is 2.35. The molecule has 1 fully saturated rings. The number of carbonyl (C=O) groups is 1. The molecule has 8 nitrogen and oxygen atoms in total. The summed E-state index contributed by atoms with van der Waals surface area (Å²) < 4.78 is 52.3. The molecule has 23 heavy (non-hydrogen) atoms. The van der Waals surface area contributed by atoms with Crippen LogP contribution >= 0.6 is 0 Å². The first-order chi connectivity index (χ1) is 10.8. The zero-order valence-electron chi connectivity index (χ0n) is 12.8. The number of ether oxygens (including phenoxy) is 2. The lowest BCUT2D eigenvalue weighted by Gasteiger charge is -2.16. The van der Waals surface area contributed by atoms with Crippen LogP contribution in [0.4, 0.5) is 4.39 Å². The topological polar surface area (TPSA) is 107 Å². The summed E-state index contributed by atoms with van der Waals surface area (Å²) in [5.41, 5.74) is -0.464. The molecule has 0 spiro atoms. The number of aliphatic hydroxyl groups excluding tert-OH is 1. The first-order valence-corrected chi connectivity index (χ1v) is 8.53.